The summed E-state index contributed by atoms with van der Waals surface area (Å²) in [7, 11) is 0. The summed E-state index contributed by atoms with van der Waals surface area (Å²) in [4.78, 5) is 23.2. The number of carbonyl (C=O) groups is 2. The Hall–Kier alpha value is -2.28. The number of aryl methyl sites for hydroxylation is 1. The van der Waals surface area contributed by atoms with E-state index in [1.165, 1.54) is 11.6 Å². The van der Waals surface area contributed by atoms with Crippen molar-refractivity contribution >= 4 is 27.7 Å². The molecular weight excluding hydrogens is 352 g/mol. The number of furan rings is 1. The van der Waals surface area contributed by atoms with Gasteiger partial charge in [-0.25, -0.2) is 0 Å². The predicted octanol–water partition coefficient (Wildman–Crippen LogP) is 2.44. The van der Waals surface area contributed by atoms with Crippen LogP contribution < -0.4 is 15.6 Å². The second kappa shape index (κ2) is 7.65. The van der Waals surface area contributed by atoms with E-state index in [-0.39, 0.29) is 12.4 Å². The molecule has 0 aliphatic heterocycles. The van der Waals surface area contributed by atoms with Crippen LogP contribution in [0.4, 0.5) is 0 Å². The monoisotopic (exact) mass is 366 g/mol. The van der Waals surface area contributed by atoms with Crippen LogP contribution >= 0.6 is 15.9 Å². The van der Waals surface area contributed by atoms with E-state index in [2.05, 4.69) is 33.7 Å². The summed E-state index contributed by atoms with van der Waals surface area (Å²) in [5.74, 6) is -0.346. The molecule has 0 aliphatic carbocycles. The zero-order chi connectivity index (χ0) is 15.9. The topological polar surface area (TPSA) is 80.6 Å². The van der Waals surface area contributed by atoms with Crippen molar-refractivity contribution in [3.63, 3.8) is 0 Å². The first kappa shape index (κ1) is 16.1. The molecule has 0 saturated carbocycles. The Morgan fingerprint density at radius 2 is 1.86 bits per heavy atom. The zero-order valence-electron chi connectivity index (χ0n) is 11.9. The molecule has 116 valence electrons. The molecule has 0 unspecified atom stereocenters. The average molecular weight is 367 g/mol. The Morgan fingerprint density at radius 1 is 1.14 bits per heavy atom. The highest BCUT2D eigenvalue weighted by atomic mass is 79.9. The van der Waals surface area contributed by atoms with Gasteiger partial charge in [0.25, 0.3) is 5.91 Å². The van der Waals surface area contributed by atoms with Gasteiger partial charge in [0.2, 0.25) is 0 Å². The summed E-state index contributed by atoms with van der Waals surface area (Å²) in [6.45, 7) is 1.86. The molecule has 1 aromatic heterocycles. The maximum absolute atomic E-state index is 11.6. The van der Waals surface area contributed by atoms with E-state index >= 15 is 0 Å². The highest BCUT2D eigenvalue weighted by Gasteiger charge is 2.11. The smallest absolute Gasteiger partial charge is 0.305 e. The van der Waals surface area contributed by atoms with Crippen molar-refractivity contribution in [2.45, 2.75) is 13.3 Å². The fourth-order valence-corrected chi connectivity index (χ4v) is 1.94. The van der Waals surface area contributed by atoms with Gasteiger partial charge < -0.3 is 9.15 Å². The van der Waals surface area contributed by atoms with Crippen LogP contribution in [0.25, 0.3) is 0 Å². The van der Waals surface area contributed by atoms with Crippen LogP contribution in [0.5, 0.6) is 5.75 Å². The lowest BCUT2D eigenvalue weighted by atomic mass is 10.2. The number of carbonyl (C=O) groups excluding carboxylic acids is 2. The van der Waals surface area contributed by atoms with Gasteiger partial charge in [0.15, 0.2) is 17.0 Å². The largest absolute Gasteiger partial charge is 0.484 e. The molecule has 1 aromatic carbocycles. The van der Waals surface area contributed by atoms with Crippen LogP contribution in [0.15, 0.2) is 45.5 Å². The van der Waals surface area contributed by atoms with Gasteiger partial charge in [0, 0.05) is 0 Å². The first-order chi connectivity index (χ1) is 10.6. The SMILES string of the molecule is CCc1ccc(OCC(=O)NNC(=O)c2ccc(Br)o2)cc1. The summed E-state index contributed by atoms with van der Waals surface area (Å²) in [6.07, 6.45) is 0.940. The van der Waals surface area contributed by atoms with Crippen LogP contribution in [-0.4, -0.2) is 18.4 Å². The van der Waals surface area contributed by atoms with Gasteiger partial charge in [-0.05, 0) is 52.2 Å². The Morgan fingerprint density at radius 3 is 2.45 bits per heavy atom. The van der Waals surface area contributed by atoms with E-state index in [1.54, 1.807) is 18.2 Å². The summed E-state index contributed by atoms with van der Waals surface area (Å²) >= 11 is 3.09. The molecule has 0 radical (unpaired) electrons. The Bertz CT molecular complexity index is 652. The van der Waals surface area contributed by atoms with Crippen molar-refractivity contribution < 1.29 is 18.7 Å². The zero-order valence-corrected chi connectivity index (χ0v) is 13.5. The highest BCUT2D eigenvalue weighted by molar-refractivity contribution is 9.10. The lowest BCUT2D eigenvalue weighted by Gasteiger charge is -2.08. The van der Waals surface area contributed by atoms with Crippen molar-refractivity contribution in [1.82, 2.24) is 10.9 Å². The number of hydrazine groups is 1. The molecule has 0 fully saturated rings. The number of ether oxygens (including phenoxy) is 1. The number of rotatable bonds is 5. The lowest BCUT2D eigenvalue weighted by molar-refractivity contribution is -0.123. The van der Waals surface area contributed by atoms with Crippen molar-refractivity contribution in [2.75, 3.05) is 6.61 Å². The van der Waals surface area contributed by atoms with Crippen LogP contribution in [0.3, 0.4) is 0 Å². The molecule has 0 atom stereocenters. The molecule has 22 heavy (non-hydrogen) atoms. The molecule has 0 bridgehead atoms. The van der Waals surface area contributed by atoms with Crippen molar-refractivity contribution in [2.24, 2.45) is 0 Å². The standard InChI is InChI=1S/C15H15BrN2O4/c1-2-10-3-5-11(6-4-10)21-9-14(19)17-18-15(20)12-7-8-13(16)22-12/h3-8H,2,9H2,1H3,(H,17,19)(H,18,20). The second-order valence-corrected chi connectivity index (χ2v) is 5.17. The Kier molecular flexibility index (Phi) is 5.60. The van der Waals surface area contributed by atoms with Gasteiger partial charge in [0.1, 0.15) is 5.75 Å². The van der Waals surface area contributed by atoms with Crippen LogP contribution in [0, 0.1) is 0 Å². The minimum atomic E-state index is -0.550. The first-order valence-corrected chi connectivity index (χ1v) is 7.44. The van der Waals surface area contributed by atoms with Gasteiger partial charge in [-0.2, -0.15) is 0 Å². The fourth-order valence-electron chi connectivity index (χ4n) is 1.63. The number of hydrogen-bond acceptors (Lipinski definition) is 4. The number of amides is 2. The maximum Gasteiger partial charge on any atom is 0.305 e. The predicted molar refractivity (Wildman–Crippen MR) is 83.3 cm³/mol. The Balaban J connectivity index is 1.74. The first-order valence-electron chi connectivity index (χ1n) is 6.64. The molecule has 1 heterocycles. The molecule has 2 rings (SSSR count). The van der Waals surface area contributed by atoms with Crippen molar-refractivity contribution in [1.29, 1.82) is 0 Å². The van der Waals surface area contributed by atoms with E-state index < -0.39 is 11.8 Å². The van der Waals surface area contributed by atoms with E-state index in [0.717, 1.165) is 6.42 Å². The molecule has 0 saturated heterocycles. The second-order valence-electron chi connectivity index (χ2n) is 4.39. The van der Waals surface area contributed by atoms with E-state index in [1.807, 2.05) is 12.1 Å². The van der Waals surface area contributed by atoms with Gasteiger partial charge in [0.05, 0.1) is 0 Å². The maximum atomic E-state index is 11.6. The average Bonchev–Trinajstić information content (AvgIpc) is 2.97. The van der Waals surface area contributed by atoms with Crippen molar-refractivity contribution in [3.05, 3.63) is 52.4 Å². The summed E-state index contributed by atoms with van der Waals surface area (Å²) in [5, 5.41) is 0. The lowest BCUT2D eigenvalue weighted by Crippen LogP contribution is -2.43. The molecule has 6 nitrogen and oxygen atoms in total. The number of halogens is 1. The van der Waals surface area contributed by atoms with Crippen LogP contribution in [0.2, 0.25) is 0 Å². The van der Waals surface area contributed by atoms with Crippen molar-refractivity contribution in [3.8, 4) is 5.75 Å². The normalized spacial score (nSPS) is 10.1. The number of hydrogen-bond donors (Lipinski definition) is 2. The minimum absolute atomic E-state index is 0.0863. The minimum Gasteiger partial charge on any atom is -0.484 e. The van der Waals surface area contributed by atoms with Crippen LogP contribution in [0.1, 0.15) is 23.0 Å². The van der Waals surface area contributed by atoms with Gasteiger partial charge in [-0.15, -0.1) is 0 Å². The van der Waals surface area contributed by atoms with E-state index in [9.17, 15) is 9.59 Å². The Labute approximate surface area is 135 Å². The molecule has 2 N–H and O–H groups in total. The molecule has 0 spiro atoms. The summed E-state index contributed by atoms with van der Waals surface area (Å²) in [6, 6.07) is 10.5. The quantitative estimate of drug-likeness (QED) is 0.796. The van der Waals surface area contributed by atoms with Gasteiger partial charge >= 0.3 is 5.91 Å². The van der Waals surface area contributed by atoms with Gasteiger partial charge in [-0.3, -0.25) is 20.4 Å². The highest BCUT2D eigenvalue weighted by Crippen LogP contribution is 2.13. The third-order valence-corrected chi connectivity index (χ3v) is 3.24. The number of benzene rings is 1. The van der Waals surface area contributed by atoms with E-state index in [0.29, 0.717) is 10.4 Å². The third kappa shape index (κ3) is 4.63. The molecule has 2 aromatic rings. The third-order valence-electron chi connectivity index (χ3n) is 2.81. The molecule has 7 heteroatoms. The fraction of sp³-hybridized carbons (Fsp3) is 0.200. The summed E-state index contributed by atoms with van der Waals surface area (Å²) < 4.78 is 10.8. The summed E-state index contributed by atoms with van der Waals surface area (Å²) in [5.41, 5.74) is 5.67. The van der Waals surface area contributed by atoms with Crippen LogP contribution in [-0.2, 0) is 11.2 Å². The molecular formula is C15H15BrN2O4. The van der Waals surface area contributed by atoms with E-state index in [4.69, 9.17) is 9.15 Å². The molecule has 2 amide bonds. The van der Waals surface area contributed by atoms with Gasteiger partial charge in [-0.1, -0.05) is 19.1 Å². The molecule has 0 aliphatic rings. The number of nitrogens with one attached hydrogen (secondary N) is 2.